The standard InChI is InChI=1S/C14H13Cl3N4/c15-9-4-5-10(11(16)8-9)12-18-13(17)20-14(19-12)21-6-2-1-3-7-21/h4-5,8H,1-3,6-7H2. The Balaban J connectivity index is 2.00. The first-order valence-corrected chi connectivity index (χ1v) is 7.89. The fraction of sp³-hybridized carbons (Fsp3) is 0.357. The van der Waals surface area contributed by atoms with Gasteiger partial charge in [0.05, 0.1) is 5.02 Å². The molecule has 7 heteroatoms. The third-order valence-corrected chi connectivity index (χ3v) is 4.12. The van der Waals surface area contributed by atoms with Crippen molar-refractivity contribution in [2.24, 2.45) is 0 Å². The highest BCUT2D eigenvalue weighted by Crippen LogP contribution is 2.29. The summed E-state index contributed by atoms with van der Waals surface area (Å²) < 4.78 is 0. The van der Waals surface area contributed by atoms with Gasteiger partial charge in [-0.1, -0.05) is 23.2 Å². The van der Waals surface area contributed by atoms with Gasteiger partial charge in [0.25, 0.3) is 0 Å². The second-order valence-corrected chi connectivity index (χ2v) is 6.08. The van der Waals surface area contributed by atoms with Crippen LogP contribution in [-0.4, -0.2) is 28.0 Å². The van der Waals surface area contributed by atoms with Crippen LogP contribution < -0.4 is 4.90 Å². The molecule has 1 aromatic carbocycles. The van der Waals surface area contributed by atoms with Gasteiger partial charge in [-0.15, -0.1) is 0 Å². The van der Waals surface area contributed by atoms with Gasteiger partial charge in [-0.05, 0) is 49.1 Å². The van der Waals surface area contributed by atoms with E-state index in [0.29, 0.717) is 27.4 Å². The molecule has 0 unspecified atom stereocenters. The minimum Gasteiger partial charge on any atom is -0.341 e. The topological polar surface area (TPSA) is 41.9 Å². The number of hydrogen-bond acceptors (Lipinski definition) is 4. The maximum absolute atomic E-state index is 6.21. The average Bonchev–Trinajstić information content (AvgIpc) is 2.47. The molecule has 0 atom stereocenters. The van der Waals surface area contributed by atoms with Gasteiger partial charge in [0.2, 0.25) is 11.2 Å². The number of hydrogen-bond donors (Lipinski definition) is 0. The van der Waals surface area contributed by atoms with E-state index in [0.717, 1.165) is 25.9 Å². The summed E-state index contributed by atoms with van der Waals surface area (Å²) in [5.41, 5.74) is 0.698. The summed E-state index contributed by atoms with van der Waals surface area (Å²) in [5, 5.41) is 1.24. The van der Waals surface area contributed by atoms with E-state index in [1.165, 1.54) is 6.42 Å². The van der Waals surface area contributed by atoms with Gasteiger partial charge in [-0.25, -0.2) is 0 Å². The zero-order chi connectivity index (χ0) is 14.8. The molecular weight excluding hydrogens is 331 g/mol. The Morgan fingerprint density at radius 3 is 2.38 bits per heavy atom. The van der Waals surface area contributed by atoms with Gasteiger partial charge in [0, 0.05) is 23.7 Å². The first-order chi connectivity index (χ1) is 10.1. The quantitative estimate of drug-likeness (QED) is 0.805. The van der Waals surface area contributed by atoms with Crippen LogP contribution >= 0.6 is 34.8 Å². The molecule has 0 spiro atoms. The zero-order valence-corrected chi connectivity index (χ0v) is 13.5. The van der Waals surface area contributed by atoms with Crippen LogP contribution in [0.2, 0.25) is 15.3 Å². The lowest BCUT2D eigenvalue weighted by Crippen LogP contribution is -2.31. The monoisotopic (exact) mass is 342 g/mol. The van der Waals surface area contributed by atoms with Crippen molar-refractivity contribution in [1.29, 1.82) is 0 Å². The zero-order valence-electron chi connectivity index (χ0n) is 11.2. The molecule has 2 aromatic rings. The van der Waals surface area contributed by atoms with Crippen molar-refractivity contribution < 1.29 is 0 Å². The molecule has 1 aromatic heterocycles. The first kappa shape index (κ1) is 14.8. The van der Waals surface area contributed by atoms with Crippen LogP contribution in [0.5, 0.6) is 0 Å². The summed E-state index contributed by atoms with van der Waals surface area (Å²) in [5.74, 6) is 1.08. The van der Waals surface area contributed by atoms with Crippen molar-refractivity contribution >= 4 is 40.8 Å². The largest absolute Gasteiger partial charge is 0.341 e. The molecule has 0 N–H and O–H groups in total. The molecule has 21 heavy (non-hydrogen) atoms. The summed E-state index contributed by atoms with van der Waals surface area (Å²) in [6.45, 7) is 1.88. The Kier molecular flexibility index (Phi) is 4.48. The van der Waals surface area contributed by atoms with Crippen molar-refractivity contribution in [2.45, 2.75) is 19.3 Å². The van der Waals surface area contributed by atoms with Crippen molar-refractivity contribution in [1.82, 2.24) is 15.0 Å². The number of nitrogens with zero attached hydrogens (tertiary/aromatic N) is 4. The smallest absolute Gasteiger partial charge is 0.230 e. The summed E-state index contributed by atoms with van der Waals surface area (Å²) in [7, 11) is 0. The minimum absolute atomic E-state index is 0.173. The van der Waals surface area contributed by atoms with E-state index in [-0.39, 0.29) is 5.28 Å². The molecule has 1 aliphatic heterocycles. The number of anilines is 1. The van der Waals surface area contributed by atoms with E-state index < -0.39 is 0 Å². The predicted molar refractivity (Wildman–Crippen MR) is 86.4 cm³/mol. The van der Waals surface area contributed by atoms with Crippen molar-refractivity contribution in [3.8, 4) is 11.4 Å². The summed E-state index contributed by atoms with van der Waals surface area (Å²) in [6, 6.07) is 5.20. The molecule has 110 valence electrons. The van der Waals surface area contributed by atoms with Gasteiger partial charge in [-0.2, -0.15) is 15.0 Å². The lowest BCUT2D eigenvalue weighted by Gasteiger charge is -2.26. The highest BCUT2D eigenvalue weighted by atomic mass is 35.5. The van der Waals surface area contributed by atoms with Gasteiger partial charge < -0.3 is 4.90 Å². The Labute approximate surface area is 138 Å². The molecule has 0 aliphatic carbocycles. The van der Waals surface area contributed by atoms with Gasteiger partial charge in [0.15, 0.2) is 5.82 Å². The molecule has 0 radical (unpaired) electrons. The van der Waals surface area contributed by atoms with Crippen LogP contribution in [0.4, 0.5) is 5.95 Å². The second-order valence-electron chi connectivity index (χ2n) is 4.90. The van der Waals surface area contributed by atoms with E-state index in [9.17, 15) is 0 Å². The normalized spacial score (nSPS) is 15.3. The summed E-state index contributed by atoms with van der Waals surface area (Å²) >= 11 is 18.2. The third kappa shape index (κ3) is 3.39. The van der Waals surface area contributed by atoms with Crippen molar-refractivity contribution in [2.75, 3.05) is 18.0 Å². The van der Waals surface area contributed by atoms with Gasteiger partial charge >= 0.3 is 0 Å². The highest BCUT2D eigenvalue weighted by molar-refractivity contribution is 6.36. The fourth-order valence-corrected chi connectivity index (χ4v) is 3.01. The Morgan fingerprint density at radius 1 is 0.905 bits per heavy atom. The number of aromatic nitrogens is 3. The molecule has 4 nitrogen and oxygen atoms in total. The summed E-state index contributed by atoms with van der Waals surface area (Å²) in [6.07, 6.45) is 3.52. The minimum atomic E-state index is 0.173. The lowest BCUT2D eigenvalue weighted by molar-refractivity contribution is 0.567. The SMILES string of the molecule is Clc1ccc(-c2nc(Cl)nc(N3CCCCC3)n2)c(Cl)c1. The first-order valence-electron chi connectivity index (χ1n) is 6.75. The molecule has 1 fully saturated rings. The third-order valence-electron chi connectivity index (χ3n) is 3.41. The van der Waals surface area contributed by atoms with E-state index in [4.69, 9.17) is 34.8 Å². The fourth-order valence-electron chi connectivity index (χ4n) is 2.37. The number of halogens is 3. The van der Waals surface area contributed by atoms with Crippen LogP contribution in [0.1, 0.15) is 19.3 Å². The maximum Gasteiger partial charge on any atom is 0.230 e. The Morgan fingerprint density at radius 2 is 1.67 bits per heavy atom. The average molecular weight is 344 g/mol. The second kappa shape index (κ2) is 6.34. The highest BCUT2D eigenvalue weighted by Gasteiger charge is 2.17. The number of piperidine rings is 1. The van der Waals surface area contributed by atoms with Crippen LogP contribution in [0, 0.1) is 0 Å². The molecule has 2 heterocycles. The number of benzene rings is 1. The molecule has 1 saturated heterocycles. The van der Waals surface area contributed by atoms with E-state index >= 15 is 0 Å². The molecule has 0 amide bonds. The molecule has 0 bridgehead atoms. The van der Waals surface area contributed by atoms with E-state index in [2.05, 4.69) is 19.9 Å². The molecule has 3 rings (SSSR count). The van der Waals surface area contributed by atoms with E-state index in [1.54, 1.807) is 18.2 Å². The Bertz CT molecular complexity index is 657. The van der Waals surface area contributed by atoms with Crippen molar-refractivity contribution in [3.05, 3.63) is 33.5 Å². The number of rotatable bonds is 2. The summed E-state index contributed by atoms with van der Waals surface area (Å²) in [4.78, 5) is 15.0. The van der Waals surface area contributed by atoms with Gasteiger partial charge in [0.1, 0.15) is 0 Å². The van der Waals surface area contributed by atoms with Crippen LogP contribution in [-0.2, 0) is 0 Å². The molecular formula is C14H13Cl3N4. The lowest BCUT2D eigenvalue weighted by atomic mass is 10.1. The molecule has 0 saturated carbocycles. The Hall–Kier alpha value is -1.10. The van der Waals surface area contributed by atoms with Gasteiger partial charge in [-0.3, -0.25) is 0 Å². The van der Waals surface area contributed by atoms with Crippen LogP contribution in [0.25, 0.3) is 11.4 Å². The molecule has 1 aliphatic rings. The van der Waals surface area contributed by atoms with Crippen molar-refractivity contribution in [3.63, 3.8) is 0 Å². The maximum atomic E-state index is 6.21. The van der Waals surface area contributed by atoms with E-state index in [1.807, 2.05) is 0 Å². The van der Waals surface area contributed by atoms with Crippen LogP contribution in [0.3, 0.4) is 0 Å². The van der Waals surface area contributed by atoms with Crippen LogP contribution in [0.15, 0.2) is 18.2 Å². The predicted octanol–water partition coefficient (Wildman–Crippen LogP) is 4.49.